The van der Waals surface area contributed by atoms with E-state index in [0.717, 1.165) is 23.6 Å². The first-order chi connectivity index (χ1) is 9.33. The van der Waals surface area contributed by atoms with E-state index in [4.69, 9.17) is 4.74 Å². The minimum Gasteiger partial charge on any atom is -0.437 e. The van der Waals surface area contributed by atoms with Gasteiger partial charge in [-0.1, -0.05) is 6.07 Å². The van der Waals surface area contributed by atoms with Gasteiger partial charge in [0.15, 0.2) is 5.75 Å². The van der Waals surface area contributed by atoms with Crippen LogP contribution in [0.1, 0.15) is 24.1 Å². The lowest BCUT2D eigenvalue weighted by Gasteiger charge is -2.11. The third-order valence-corrected chi connectivity index (χ3v) is 3.17. The number of rotatable bonds is 5. The Kier molecular flexibility index (Phi) is 3.42. The van der Waals surface area contributed by atoms with Gasteiger partial charge in [0, 0.05) is 30.5 Å². The molecule has 0 radical (unpaired) electrons. The van der Waals surface area contributed by atoms with Crippen molar-refractivity contribution in [1.82, 2.24) is 15.3 Å². The van der Waals surface area contributed by atoms with Gasteiger partial charge in [0.1, 0.15) is 0 Å². The molecule has 4 nitrogen and oxygen atoms in total. The summed E-state index contributed by atoms with van der Waals surface area (Å²) in [6, 6.07) is 8.44. The molecule has 3 rings (SSSR count). The zero-order chi connectivity index (χ0) is 13.1. The van der Waals surface area contributed by atoms with Crippen LogP contribution in [0.15, 0.2) is 36.7 Å². The van der Waals surface area contributed by atoms with Crippen LogP contribution in [0.3, 0.4) is 0 Å². The summed E-state index contributed by atoms with van der Waals surface area (Å²) in [6.45, 7) is 2.73. The summed E-state index contributed by atoms with van der Waals surface area (Å²) < 4.78 is 5.88. The van der Waals surface area contributed by atoms with E-state index in [-0.39, 0.29) is 0 Å². The van der Waals surface area contributed by atoms with E-state index < -0.39 is 0 Å². The van der Waals surface area contributed by atoms with Gasteiger partial charge >= 0.3 is 0 Å². The van der Waals surface area contributed by atoms with Crippen LogP contribution < -0.4 is 10.1 Å². The van der Waals surface area contributed by atoms with E-state index in [9.17, 15) is 0 Å². The summed E-state index contributed by atoms with van der Waals surface area (Å²) in [4.78, 5) is 8.54. The zero-order valence-electron chi connectivity index (χ0n) is 11.0. The minimum atomic E-state index is 0.659. The Labute approximate surface area is 112 Å². The van der Waals surface area contributed by atoms with Crippen LogP contribution >= 0.6 is 0 Å². The molecule has 0 unspecified atom stereocenters. The third-order valence-electron chi connectivity index (χ3n) is 3.17. The maximum absolute atomic E-state index is 5.88. The predicted molar refractivity (Wildman–Crippen MR) is 73.1 cm³/mol. The second kappa shape index (κ2) is 5.36. The first-order valence-corrected chi connectivity index (χ1v) is 6.59. The van der Waals surface area contributed by atoms with E-state index in [2.05, 4.69) is 15.3 Å². The molecule has 1 N–H and O–H groups in total. The van der Waals surface area contributed by atoms with Crippen LogP contribution in [0.2, 0.25) is 0 Å². The molecular weight excluding hydrogens is 238 g/mol. The fraction of sp³-hybridized carbons (Fsp3) is 0.333. The van der Waals surface area contributed by atoms with Crippen molar-refractivity contribution >= 4 is 0 Å². The van der Waals surface area contributed by atoms with Crippen LogP contribution in [-0.2, 0) is 6.54 Å². The Morgan fingerprint density at radius 1 is 1.21 bits per heavy atom. The molecule has 4 heteroatoms. The maximum atomic E-state index is 5.88. The number of nitrogens with one attached hydrogen (secondary N) is 1. The smallest absolute Gasteiger partial charge is 0.223 e. The number of ether oxygens (including phenoxy) is 1. The van der Waals surface area contributed by atoms with E-state index in [1.807, 2.05) is 31.2 Å². The standard InChI is InChI=1S/C15H17N3O/c1-11-14(5-3-8-16-11)19-15-12(4-2-9-17-15)10-18-13-6-7-13/h2-5,8-9,13,18H,6-7,10H2,1H3. The summed E-state index contributed by atoms with van der Waals surface area (Å²) in [5.74, 6) is 1.42. The van der Waals surface area contributed by atoms with Crippen molar-refractivity contribution in [1.29, 1.82) is 0 Å². The highest BCUT2D eigenvalue weighted by atomic mass is 16.5. The Bertz CT molecular complexity index is 567. The van der Waals surface area contributed by atoms with E-state index >= 15 is 0 Å². The van der Waals surface area contributed by atoms with E-state index in [1.165, 1.54) is 12.8 Å². The molecule has 0 amide bonds. The van der Waals surface area contributed by atoms with Gasteiger partial charge in [-0.3, -0.25) is 4.98 Å². The Morgan fingerprint density at radius 2 is 2.00 bits per heavy atom. The first-order valence-electron chi connectivity index (χ1n) is 6.59. The molecule has 19 heavy (non-hydrogen) atoms. The molecule has 0 aromatic carbocycles. The summed E-state index contributed by atoms with van der Waals surface area (Å²) in [5.41, 5.74) is 1.95. The monoisotopic (exact) mass is 255 g/mol. The van der Waals surface area contributed by atoms with Crippen molar-refractivity contribution in [2.24, 2.45) is 0 Å². The number of nitrogens with zero attached hydrogens (tertiary/aromatic N) is 2. The molecule has 1 saturated carbocycles. The molecular formula is C15H17N3O. The van der Waals surface area contributed by atoms with Gasteiger partial charge in [-0.05, 0) is 38.0 Å². The molecule has 0 aliphatic heterocycles. The van der Waals surface area contributed by atoms with Crippen molar-refractivity contribution < 1.29 is 4.74 Å². The lowest BCUT2D eigenvalue weighted by molar-refractivity contribution is 0.447. The van der Waals surface area contributed by atoms with Gasteiger partial charge < -0.3 is 10.1 Å². The van der Waals surface area contributed by atoms with Crippen LogP contribution in [0.25, 0.3) is 0 Å². The first kappa shape index (κ1) is 12.1. The molecule has 98 valence electrons. The van der Waals surface area contributed by atoms with Gasteiger partial charge in [-0.15, -0.1) is 0 Å². The van der Waals surface area contributed by atoms with Crippen molar-refractivity contribution in [2.75, 3.05) is 0 Å². The molecule has 0 bridgehead atoms. The number of hydrogen-bond acceptors (Lipinski definition) is 4. The maximum Gasteiger partial charge on any atom is 0.223 e. The number of aromatic nitrogens is 2. The lowest BCUT2D eigenvalue weighted by atomic mass is 10.2. The van der Waals surface area contributed by atoms with Crippen molar-refractivity contribution in [3.63, 3.8) is 0 Å². The van der Waals surface area contributed by atoms with Gasteiger partial charge in [0.2, 0.25) is 5.88 Å². The van der Waals surface area contributed by atoms with Crippen LogP contribution in [0, 0.1) is 6.92 Å². The number of pyridine rings is 2. The minimum absolute atomic E-state index is 0.659. The average molecular weight is 255 g/mol. The summed E-state index contributed by atoms with van der Waals surface area (Å²) >= 11 is 0. The van der Waals surface area contributed by atoms with Gasteiger partial charge in [0.25, 0.3) is 0 Å². The number of aryl methyl sites for hydroxylation is 1. The van der Waals surface area contributed by atoms with Crippen molar-refractivity contribution in [3.8, 4) is 11.6 Å². The normalized spacial score (nSPS) is 14.4. The SMILES string of the molecule is Cc1ncccc1Oc1ncccc1CNC1CC1. The highest BCUT2D eigenvalue weighted by Gasteiger charge is 2.20. The summed E-state index contributed by atoms with van der Waals surface area (Å²) in [5, 5.41) is 3.48. The second-order valence-electron chi connectivity index (χ2n) is 4.81. The second-order valence-corrected chi connectivity index (χ2v) is 4.81. The van der Waals surface area contributed by atoms with E-state index in [1.54, 1.807) is 12.4 Å². The molecule has 0 atom stereocenters. The quantitative estimate of drug-likeness (QED) is 0.892. The van der Waals surface area contributed by atoms with Crippen LogP contribution in [0.5, 0.6) is 11.6 Å². The van der Waals surface area contributed by atoms with Gasteiger partial charge in [-0.25, -0.2) is 4.98 Å². The Morgan fingerprint density at radius 3 is 2.79 bits per heavy atom. The zero-order valence-corrected chi connectivity index (χ0v) is 11.0. The van der Waals surface area contributed by atoms with Crippen LogP contribution in [0.4, 0.5) is 0 Å². The molecule has 1 fully saturated rings. The van der Waals surface area contributed by atoms with E-state index in [0.29, 0.717) is 11.9 Å². The molecule has 0 spiro atoms. The predicted octanol–water partition coefficient (Wildman–Crippen LogP) is 2.83. The molecule has 0 saturated heterocycles. The lowest BCUT2D eigenvalue weighted by Crippen LogP contribution is -2.16. The molecule has 1 aliphatic rings. The van der Waals surface area contributed by atoms with Gasteiger partial charge in [-0.2, -0.15) is 0 Å². The van der Waals surface area contributed by atoms with Crippen molar-refractivity contribution in [3.05, 3.63) is 47.9 Å². The highest BCUT2D eigenvalue weighted by molar-refractivity contribution is 5.34. The average Bonchev–Trinajstić information content (AvgIpc) is 3.24. The fourth-order valence-electron chi connectivity index (χ4n) is 1.87. The molecule has 2 heterocycles. The summed E-state index contributed by atoms with van der Waals surface area (Å²) in [7, 11) is 0. The molecule has 2 aromatic rings. The fourth-order valence-corrected chi connectivity index (χ4v) is 1.87. The highest BCUT2D eigenvalue weighted by Crippen LogP contribution is 2.26. The van der Waals surface area contributed by atoms with Gasteiger partial charge in [0.05, 0.1) is 5.69 Å². The topological polar surface area (TPSA) is 47.0 Å². The van der Waals surface area contributed by atoms with Crippen LogP contribution in [-0.4, -0.2) is 16.0 Å². The van der Waals surface area contributed by atoms with Crippen molar-refractivity contribution in [2.45, 2.75) is 32.4 Å². The molecule has 2 aromatic heterocycles. The largest absolute Gasteiger partial charge is 0.437 e. The third kappa shape index (κ3) is 3.09. The summed E-state index contributed by atoms with van der Waals surface area (Å²) in [6.07, 6.45) is 6.06. The molecule has 1 aliphatic carbocycles. The Balaban J connectivity index is 1.77. The Hall–Kier alpha value is -1.94. The number of hydrogen-bond donors (Lipinski definition) is 1.